The lowest BCUT2D eigenvalue weighted by Gasteiger charge is -2.24. The number of rotatable bonds is 0. The van der Waals surface area contributed by atoms with E-state index in [2.05, 4.69) is 39.0 Å². The number of nitrogens with two attached hydrogens (primary N) is 1. The average molecular weight is 205 g/mol. The van der Waals surface area contributed by atoms with Crippen LogP contribution in [-0.2, 0) is 11.8 Å². The maximum absolute atomic E-state index is 9.78. The van der Waals surface area contributed by atoms with E-state index in [9.17, 15) is 5.11 Å². The third-order valence-electron chi connectivity index (χ3n) is 3.18. The molecular formula is C13H19NO. The average Bonchev–Trinajstić information content (AvgIpc) is 2.41. The molecule has 82 valence electrons. The van der Waals surface area contributed by atoms with Crippen molar-refractivity contribution in [2.75, 3.05) is 0 Å². The molecule has 0 heterocycles. The van der Waals surface area contributed by atoms with Crippen LogP contribution in [0.15, 0.2) is 18.2 Å². The van der Waals surface area contributed by atoms with Crippen molar-refractivity contribution in [2.45, 2.75) is 44.8 Å². The van der Waals surface area contributed by atoms with Crippen LogP contribution in [0.25, 0.3) is 0 Å². The van der Waals surface area contributed by atoms with Crippen LogP contribution in [0.4, 0.5) is 0 Å². The van der Waals surface area contributed by atoms with Crippen LogP contribution >= 0.6 is 0 Å². The van der Waals surface area contributed by atoms with E-state index < -0.39 is 6.10 Å². The maximum atomic E-state index is 9.78. The van der Waals surface area contributed by atoms with Crippen LogP contribution < -0.4 is 5.73 Å². The highest BCUT2D eigenvalue weighted by Gasteiger charge is 2.32. The molecular weight excluding hydrogens is 186 g/mol. The van der Waals surface area contributed by atoms with Gasteiger partial charge in [-0.15, -0.1) is 0 Å². The Morgan fingerprint density at radius 2 is 2.00 bits per heavy atom. The molecule has 0 bridgehead atoms. The van der Waals surface area contributed by atoms with E-state index in [0.29, 0.717) is 6.42 Å². The molecule has 0 amide bonds. The van der Waals surface area contributed by atoms with E-state index >= 15 is 0 Å². The van der Waals surface area contributed by atoms with E-state index in [4.69, 9.17) is 5.73 Å². The molecule has 0 aliphatic heterocycles. The Morgan fingerprint density at radius 1 is 1.33 bits per heavy atom. The van der Waals surface area contributed by atoms with Crippen molar-refractivity contribution in [1.82, 2.24) is 0 Å². The Kier molecular flexibility index (Phi) is 2.36. The summed E-state index contributed by atoms with van der Waals surface area (Å²) in [6, 6.07) is 6.04. The molecule has 1 aliphatic rings. The first-order valence-corrected chi connectivity index (χ1v) is 5.47. The van der Waals surface area contributed by atoms with Crippen molar-refractivity contribution in [3.8, 4) is 0 Å². The van der Waals surface area contributed by atoms with Crippen LogP contribution in [0.1, 0.15) is 43.5 Å². The summed E-state index contributed by atoms with van der Waals surface area (Å²) in [5, 5.41) is 9.78. The van der Waals surface area contributed by atoms with Gasteiger partial charge in [-0.25, -0.2) is 0 Å². The summed E-state index contributed by atoms with van der Waals surface area (Å²) in [7, 11) is 0. The number of hydrogen-bond acceptors (Lipinski definition) is 2. The topological polar surface area (TPSA) is 46.2 Å². The van der Waals surface area contributed by atoms with Crippen molar-refractivity contribution in [3.05, 3.63) is 34.9 Å². The quantitative estimate of drug-likeness (QED) is 0.679. The monoisotopic (exact) mass is 205 g/mol. The summed E-state index contributed by atoms with van der Waals surface area (Å²) in [6.07, 6.45) is 0.281. The van der Waals surface area contributed by atoms with Crippen molar-refractivity contribution < 1.29 is 5.11 Å². The lowest BCUT2D eigenvalue weighted by atomic mass is 9.82. The lowest BCUT2D eigenvalue weighted by molar-refractivity contribution is 0.158. The second kappa shape index (κ2) is 3.32. The van der Waals surface area contributed by atoms with Crippen molar-refractivity contribution in [1.29, 1.82) is 0 Å². The van der Waals surface area contributed by atoms with Crippen molar-refractivity contribution in [3.63, 3.8) is 0 Å². The van der Waals surface area contributed by atoms with Crippen LogP contribution in [-0.4, -0.2) is 11.2 Å². The fourth-order valence-corrected chi connectivity index (χ4v) is 2.38. The number of aliphatic hydroxyl groups excluding tert-OH is 1. The molecule has 0 aromatic heterocycles. The molecule has 2 nitrogen and oxygen atoms in total. The van der Waals surface area contributed by atoms with E-state index in [1.54, 1.807) is 0 Å². The van der Waals surface area contributed by atoms with Gasteiger partial charge in [-0.1, -0.05) is 39.0 Å². The Hall–Kier alpha value is -0.860. The number of hydrogen-bond donors (Lipinski definition) is 2. The van der Waals surface area contributed by atoms with Crippen LogP contribution in [0.2, 0.25) is 0 Å². The minimum atomic E-state index is -0.413. The van der Waals surface area contributed by atoms with Crippen molar-refractivity contribution >= 4 is 0 Å². The van der Waals surface area contributed by atoms with Crippen LogP contribution in [0.3, 0.4) is 0 Å². The van der Waals surface area contributed by atoms with Gasteiger partial charge in [0, 0.05) is 6.42 Å². The minimum absolute atomic E-state index is 0.0903. The molecule has 0 radical (unpaired) electrons. The molecule has 1 aromatic carbocycles. The normalized spacial score (nSPS) is 25.4. The molecule has 0 saturated carbocycles. The molecule has 2 rings (SSSR count). The Labute approximate surface area is 91.1 Å². The van der Waals surface area contributed by atoms with Gasteiger partial charge in [0.15, 0.2) is 0 Å². The third-order valence-corrected chi connectivity index (χ3v) is 3.18. The fourth-order valence-electron chi connectivity index (χ4n) is 2.38. The Bertz CT molecular complexity index is 379. The summed E-state index contributed by atoms with van der Waals surface area (Å²) in [6.45, 7) is 6.54. The number of benzene rings is 1. The molecule has 1 aromatic rings. The molecule has 0 unspecified atom stereocenters. The van der Waals surface area contributed by atoms with E-state index in [1.807, 2.05) is 0 Å². The molecule has 2 atom stereocenters. The second-order valence-electron chi connectivity index (χ2n) is 5.43. The molecule has 2 heteroatoms. The highest BCUT2D eigenvalue weighted by molar-refractivity contribution is 5.45. The molecule has 0 saturated heterocycles. The summed E-state index contributed by atoms with van der Waals surface area (Å²) in [4.78, 5) is 0. The summed E-state index contributed by atoms with van der Waals surface area (Å²) >= 11 is 0. The maximum Gasteiger partial charge on any atom is 0.0773 e. The van der Waals surface area contributed by atoms with Gasteiger partial charge in [-0.2, -0.15) is 0 Å². The van der Waals surface area contributed by atoms with Gasteiger partial charge in [0.1, 0.15) is 0 Å². The third kappa shape index (κ3) is 1.68. The van der Waals surface area contributed by atoms with Crippen molar-refractivity contribution in [2.24, 2.45) is 5.73 Å². The van der Waals surface area contributed by atoms with E-state index in [1.165, 1.54) is 11.1 Å². The predicted molar refractivity (Wildman–Crippen MR) is 61.8 cm³/mol. The molecule has 0 spiro atoms. The zero-order chi connectivity index (χ0) is 11.2. The van der Waals surface area contributed by atoms with Gasteiger partial charge in [-0.05, 0) is 22.1 Å². The lowest BCUT2D eigenvalue weighted by Crippen LogP contribution is -2.24. The Balaban J connectivity index is 2.57. The zero-order valence-electron chi connectivity index (χ0n) is 9.62. The molecule has 1 aliphatic carbocycles. The smallest absolute Gasteiger partial charge is 0.0773 e. The number of aliphatic hydroxyl groups is 1. The second-order valence-corrected chi connectivity index (χ2v) is 5.43. The van der Waals surface area contributed by atoms with Gasteiger partial charge in [0.05, 0.1) is 12.1 Å². The molecule has 3 N–H and O–H groups in total. The minimum Gasteiger partial charge on any atom is -0.391 e. The largest absolute Gasteiger partial charge is 0.391 e. The van der Waals surface area contributed by atoms with Crippen LogP contribution in [0.5, 0.6) is 0 Å². The summed E-state index contributed by atoms with van der Waals surface area (Å²) in [5.74, 6) is 0. The highest BCUT2D eigenvalue weighted by Crippen LogP contribution is 2.37. The molecule has 0 fully saturated rings. The summed E-state index contributed by atoms with van der Waals surface area (Å²) < 4.78 is 0. The van der Waals surface area contributed by atoms with Gasteiger partial charge in [0.2, 0.25) is 0 Å². The van der Waals surface area contributed by atoms with E-state index in [0.717, 1.165) is 5.56 Å². The first-order chi connectivity index (χ1) is 6.91. The SMILES string of the molecule is CC(C)(C)c1cccc2c1[C@H](N)[C@H](O)C2. The first kappa shape index (κ1) is 10.7. The zero-order valence-corrected chi connectivity index (χ0v) is 9.62. The Morgan fingerprint density at radius 3 is 2.60 bits per heavy atom. The predicted octanol–water partition coefficient (Wildman–Crippen LogP) is 1.90. The summed E-state index contributed by atoms with van der Waals surface area (Å²) in [5.41, 5.74) is 9.77. The molecule has 15 heavy (non-hydrogen) atoms. The van der Waals surface area contributed by atoms with Gasteiger partial charge in [0.25, 0.3) is 0 Å². The van der Waals surface area contributed by atoms with Gasteiger partial charge < -0.3 is 10.8 Å². The van der Waals surface area contributed by atoms with E-state index in [-0.39, 0.29) is 11.5 Å². The fraction of sp³-hybridized carbons (Fsp3) is 0.538. The van der Waals surface area contributed by atoms with Crippen LogP contribution in [0, 0.1) is 0 Å². The van der Waals surface area contributed by atoms with Gasteiger partial charge in [-0.3, -0.25) is 0 Å². The highest BCUT2D eigenvalue weighted by atomic mass is 16.3. The number of fused-ring (bicyclic) bond motifs is 1. The first-order valence-electron chi connectivity index (χ1n) is 5.47. The van der Waals surface area contributed by atoms with Gasteiger partial charge >= 0.3 is 0 Å². The standard InChI is InChI=1S/C13H19NO/c1-13(2,3)9-6-4-5-8-7-10(15)12(14)11(8)9/h4-6,10,12,15H,7,14H2,1-3H3/t10-,12-/m1/s1.